The number of nitrogens with one attached hydrogen (secondary N) is 1. The standard InChI is InChI=1S/C16H14F3N5O2/c17-11-2-1-9(23-14(25)12-6-21-3-4-22-12)5-10(11)16(15(18)19)8-26-7-13(20)24-16/h1-6,15H,7-8H2,(H2,20,24)(H,23,25). The summed E-state index contributed by atoms with van der Waals surface area (Å²) in [5.41, 5.74) is 2.93. The molecule has 1 amide bonds. The zero-order valence-corrected chi connectivity index (χ0v) is 13.3. The van der Waals surface area contributed by atoms with Crippen molar-refractivity contribution < 1.29 is 22.7 Å². The Labute approximate surface area is 146 Å². The number of nitrogens with zero attached hydrogens (tertiary/aromatic N) is 3. The summed E-state index contributed by atoms with van der Waals surface area (Å²) < 4.78 is 46.9. The second kappa shape index (κ2) is 7.08. The molecular weight excluding hydrogens is 351 g/mol. The van der Waals surface area contributed by atoms with Gasteiger partial charge in [0, 0.05) is 23.6 Å². The van der Waals surface area contributed by atoms with Gasteiger partial charge in [0.2, 0.25) is 0 Å². The normalized spacial score (nSPS) is 19.9. The van der Waals surface area contributed by atoms with Gasteiger partial charge >= 0.3 is 0 Å². The van der Waals surface area contributed by atoms with Gasteiger partial charge in [0.25, 0.3) is 12.3 Å². The van der Waals surface area contributed by atoms with Gasteiger partial charge in [0.1, 0.15) is 24.0 Å². The molecule has 10 heteroatoms. The van der Waals surface area contributed by atoms with E-state index in [1.165, 1.54) is 24.7 Å². The van der Waals surface area contributed by atoms with Crippen molar-refractivity contribution in [3.8, 4) is 0 Å². The summed E-state index contributed by atoms with van der Waals surface area (Å²) in [4.78, 5) is 23.5. The van der Waals surface area contributed by atoms with Crippen molar-refractivity contribution in [2.24, 2.45) is 10.7 Å². The number of aliphatic imine (C=N–C) groups is 1. The number of hydrogen-bond acceptors (Lipinski definition) is 6. The third-order valence-corrected chi connectivity index (χ3v) is 3.76. The number of amides is 1. The van der Waals surface area contributed by atoms with Crippen molar-refractivity contribution in [3.63, 3.8) is 0 Å². The molecule has 1 aliphatic heterocycles. The number of ether oxygens (including phenoxy) is 1. The fourth-order valence-electron chi connectivity index (χ4n) is 2.55. The van der Waals surface area contributed by atoms with Crippen LogP contribution in [0.4, 0.5) is 18.9 Å². The molecule has 136 valence electrons. The number of halogens is 3. The van der Waals surface area contributed by atoms with E-state index in [0.29, 0.717) is 0 Å². The van der Waals surface area contributed by atoms with Crippen LogP contribution in [-0.2, 0) is 10.3 Å². The molecule has 26 heavy (non-hydrogen) atoms. The molecule has 1 aromatic carbocycles. The van der Waals surface area contributed by atoms with Crippen molar-refractivity contribution in [3.05, 3.63) is 53.9 Å². The topological polar surface area (TPSA) is 102 Å². The summed E-state index contributed by atoms with van der Waals surface area (Å²) in [5.74, 6) is -1.69. The SMILES string of the molecule is NC1=NC(c2cc(NC(=O)c3cnccn3)ccc2F)(C(F)F)COC1. The first-order valence-electron chi connectivity index (χ1n) is 7.50. The van der Waals surface area contributed by atoms with Gasteiger partial charge in [-0.05, 0) is 18.2 Å². The molecule has 0 spiro atoms. The fraction of sp³-hybridized carbons (Fsp3) is 0.250. The monoisotopic (exact) mass is 365 g/mol. The second-order valence-electron chi connectivity index (χ2n) is 5.56. The van der Waals surface area contributed by atoms with Crippen LogP contribution >= 0.6 is 0 Å². The number of hydrogen-bond donors (Lipinski definition) is 2. The number of alkyl halides is 2. The van der Waals surface area contributed by atoms with Crippen molar-refractivity contribution >= 4 is 17.4 Å². The fourth-order valence-corrected chi connectivity index (χ4v) is 2.55. The number of benzene rings is 1. The molecule has 0 saturated heterocycles. The van der Waals surface area contributed by atoms with E-state index in [2.05, 4.69) is 20.3 Å². The van der Waals surface area contributed by atoms with Crippen LogP contribution in [0.25, 0.3) is 0 Å². The highest BCUT2D eigenvalue weighted by atomic mass is 19.3. The number of aromatic nitrogens is 2. The highest BCUT2D eigenvalue weighted by molar-refractivity contribution is 6.02. The van der Waals surface area contributed by atoms with Gasteiger partial charge in [-0.1, -0.05) is 0 Å². The molecule has 0 fully saturated rings. The molecule has 1 atom stereocenters. The third-order valence-electron chi connectivity index (χ3n) is 3.76. The molecule has 1 aromatic heterocycles. The van der Waals surface area contributed by atoms with E-state index in [1.54, 1.807) is 0 Å². The molecule has 3 rings (SSSR count). The lowest BCUT2D eigenvalue weighted by Crippen LogP contribution is -2.45. The van der Waals surface area contributed by atoms with E-state index in [-0.39, 0.29) is 23.8 Å². The Hall–Kier alpha value is -3.01. The minimum Gasteiger partial charge on any atom is -0.385 e. The Bertz CT molecular complexity index is 847. The Balaban J connectivity index is 1.97. The number of amidine groups is 1. The third kappa shape index (κ3) is 3.36. The van der Waals surface area contributed by atoms with Crippen LogP contribution in [0.1, 0.15) is 16.1 Å². The molecule has 0 saturated carbocycles. The lowest BCUT2D eigenvalue weighted by molar-refractivity contribution is -0.0145. The van der Waals surface area contributed by atoms with Gasteiger partial charge in [0.05, 0.1) is 12.8 Å². The Morgan fingerprint density at radius 2 is 2.15 bits per heavy atom. The van der Waals surface area contributed by atoms with E-state index in [1.807, 2.05) is 0 Å². The summed E-state index contributed by atoms with van der Waals surface area (Å²) in [6, 6.07) is 3.29. The average Bonchev–Trinajstić information content (AvgIpc) is 2.63. The number of carbonyl (C=O) groups is 1. The highest BCUT2D eigenvalue weighted by Gasteiger charge is 2.46. The quantitative estimate of drug-likeness (QED) is 0.859. The smallest absolute Gasteiger partial charge is 0.275 e. The predicted molar refractivity (Wildman–Crippen MR) is 86.5 cm³/mol. The molecule has 0 aliphatic carbocycles. The van der Waals surface area contributed by atoms with E-state index in [9.17, 15) is 18.0 Å². The van der Waals surface area contributed by atoms with Crippen LogP contribution in [0.15, 0.2) is 41.8 Å². The van der Waals surface area contributed by atoms with Gasteiger partial charge in [-0.25, -0.2) is 18.2 Å². The lowest BCUT2D eigenvalue weighted by atomic mass is 9.90. The molecule has 2 aromatic rings. The maximum atomic E-state index is 14.3. The van der Waals surface area contributed by atoms with Gasteiger partial charge in [-0.3, -0.25) is 14.8 Å². The molecule has 7 nitrogen and oxygen atoms in total. The molecule has 0 radical (unpaired) electrons. The van der Waals surface area contributed by atoms with Crippen LogP contribution in [0, 0.1) is 5.82 Å². The maximum absolute atomic E-state index is 14.3. The molecular formula is C16H14F3N5O2. The zero-order valence-electron chi connectivity index (χ0n) is 13.3. The lowest BCUT2D eigenvalue weighted by Gasteiger charge is -2.33. The average molecular weight is 365 g/mol. The van der Waals surface area contributed by atoms with Gasteiger partial charge in [0.15, 0.2) is 5.54 Å². The van der Waals surface area contributed by atoms with Crippen LogP contribution in [0.2, 0.25) is 0 Å². The van der Waals surface area contributed by atoms with Gasteiger partial charge in [-0.2, -0.15) is 0 Å². The number of nitrogens with two attached hydrogens (primary N) is 1. The Morgan fingerprint density at radius 1 is 1.35 bits per heavy atom. The van der Waals surface area contributed by atoms with Crippen LogP contribution < -0.4 is 11.1 Å². The minimum absolute atomic E-state index is 0.0187. The van der Waals surface area contributed by atoms with Crippen molar-refractivity contribution in [2.75, 3.05) is 18.5 Å². The van der Waals surface area contributed by atoms with Crippen molar-refractivity contribution in [1.29, 1.82) is 0 Å². The van der Waals surface area contributed by atoms with E-state index >= 15 is 0 Å². The van der Waals surface area contributed by atoms with Crippen LogP contribution in [-0.4, -0.2) is 41.3 Å². The molecule has 3 N–H and O–H groups in total. The number of carbonyl (C=O) groups excluding carboxylic acids is 1. The van der Waals surface area contributed by atoms with Crippen LogP contribution in [0.5, 0.6) is 0 Å². The molecule has 1 unspecified atom stereocenters. The number of rotatable bonds is 4. The first-order valence-corrected chi connectivity index (χ1v) is 7.50. The minimum atomic E-state index is -3.07. The summed E-state index contributed by atoms with van der Waals surface area (Å²) in [6.45, 7) is -0.650. The number of anilines is 1. The van der Waals surface area contributed by atoms with Crippen molar-refractivity contribution in [2.45, 2.75) is 12.0 Å². The van der Waals surface area contributed by atoms with Crippen molar-refractivity contribution in [1.82, 2.24) is 9.97 Å². The van der Waals surface area contributed by atoms with E-state index < -0.39 is 35.9 Å². The first kappa shape index (κ1) is 17.8. The summed E-state index contributed by atoms with van der Waals surface area (Å²) >= 11 is 0. The highest BCUT2D eigenvalue weighted by Crippen LogP contribution is 2.37. The summed E-state index contributed by atoms with van der Waals surface area (Å²) in [6.07, 6.45) is 0.889. The largest absolute Gasteiger partial charge is 0.385 e. The van der Waals surface area contributed by atoms with E-state index in [4.69, 9.17) is 10.5 Å². The van der Waals surface area contributed by atoms with Crippen LogP contribution in [0.3, 0.4) is 0 Å². The molecule has 2 heterocycles. The second-order valence-corrected chi connectivity index (χ2v) is 5.56. The van der Waals surface area contributed by atoms with E-state index in [0.717, 1.165) is 12.1 Å². The van der Waals surface area contributed by atoms with Gasteiger partial charge < -0.3 is 15.8 Å². The maximum Gasteiger partial charge on any atom is 0.275 e. The zero-order chi connectivity index (χ0) is 18.7. The summed E-state index contributed by atoms with van der Waals surface area (Å²) in [5, 5.41) is 2.46. The first-order chi connectivity index (χ1) is 12.4. The van der Waals surface area contributed by atoms with Gasteiger partial charge in [-0.15, -0.1) is 0 Å². The molecule has 0 bridgehead atoms. The Morgan fingerprint density at radius 3 is 2.81 bits per heavy atom. The molecule has 1 aliphatic rings. The summed E-state index contributed by atoms with van der Waals surface area (Å²) in [7, 11) is 0. The Kier molecular flexibility index (Phi) is 4.85. The predicted octanol–water partition coefficient (Wildman–Crippen LogP) is 1.72.